The largest absolute Gasteiger partial charge is 0.379 e. The Balaban J connectivity index is 1.40. The molecule has 0 bridgehead atoms. The van der Waals surface area contributed by atoms with Crippen molar-refractivity contribution >= 4 is 27.3 Å². The van der Waals surface area contributed by atoms with Crippen LogP contribution in [-0.2, 0) is 24.2 Å². The molecule has 0 saturated carbocycles. The average molecular weight is 425 g/mol. The number of sulfone groups is 1. The highest BCUT2D eigenvalue weighted by Gasteiger charge is 2.24. The molecule has 0 unspecified atom stereocenters. The van der Waals surface area contributed by atoms with Crippen LogP contribution in [0, 0.1) is 0 Å². The number of ether oxygens (including phenoxy) is 1. The molecule has 2 aliphatic rings. The fourth-order valence-corrected chi connectivity index (χ4v) is 4.03. The minimum atomic E-state index is -3.25. The summed E-state index contributed by atoms with van der Waals surface area (Å²) in [5, 5.41) is 2.78. The molecule has 160 valence electrons. The molecule has 0 radical (unpaired) electrons. The van der Waals surface area contributed by atoms with Gasteiger partial charge >= 0.3 is 0 Å². The number of anilines is 1. The average Bonchev–Trinajstić information content (AvgIpc) is 2.69. The summed E-state index contributed by atoms with van der Waals surface area (Å²) in [7, 11) is -3.25. The molecule has 0 atom stereocenters. The van der Waals surface area contributed by atoms with Crippen LogP contribution in [0.3, 0.4) is 0 Å². The Hall–Kier alpha value is -2.01. The van der Waals surface area contributed by atoms with Crippen LogP contribution in [0.25, 0.3) is 0 Å². The molecule has 1 N–H and O–H groups in total. The molecule has 0 aromatic heterocycles. The quantitative estimate of drug-likeness (QED) is 0.658. The van der Waals surface area contributed by atoms with Gasteiger partial charge in [0.15, 0.2) is 9.84 Å². The van der Waals surface area contributed by atoms with Gasteiger partial charge in [-0.1, -0.05) is 0 Å². The first-order valence-corrected chi connectivity index (χ1v) is 11.6. The summed E-state index contributed by atoms with van der Waals surface area (Å²) in [6.45, 7) is 6.10. The van der Waals surface area contributed by atoms with Crippen molar-refractivity contribution in [1.82, 2.24) is 14.7 Å². The Morgan fingerprint density at radius 1 is 0.931 bits per heavy atom. The highest BCUT2D eigenvalue weighted by molar-refractivity contribution is 7.90. The number of carbonyl (C=O) groups excluding carboxylic acids is 2. The first-order valence-electron chi connectivity index (χ1n) is 9.71. The zero-order valence-electron chi connectivity index (χ0n) is 16.7. The van der Waals surface area contributed by atoms with Crippen LogP contribution in [0.1, 0.15) is 0 Å². The van der Waals surface area contributed by atoms with Gasteiger partial charge in [0.2, 0.25) is 11.8 Å². The number of nitrogens with one attached hydrogen (secondary N) is 1. The van der Waals surface area contributed by atoms with Gasteiger partial charge in [0.25, 0.3) is 0 Å². The molecule has 0 spiro atoms. The van der Waals surface area contributed by atoms with Crippen LogP contribution >= 0.6 is 0 Å². The third-order valence-electron chi connectivity index (χ3n) is 5.12. The number of morpholine rings is 1. The molecular formula is C19H28N4O5S. The maximum Gasteiger partial charge on any atom is 0.238 e. The monoisotopic (exact) mass is 424 g/mol. The fourth-order valence-electron chi connectivity index (χ4n) is 3.40. The highest BCUT2D eigenvalue weighted by atomic mass is 32.2. The van der Waals surface area contributed by atoms with Crippen LogP contribution in [-0.4, -0.2) is 107 Å². The highest BCUT2D eigenvalue weighted by Crippen LogP contribution is 2.14. The first-order chi connectivity index (χ1) is 13.8. The summed E-state index contributed by atoms with van der Waals surface area (Å²) in [6, 6.07) is 6.11. The van der Waals surface area contributed by atoms with E-state index < -0.39 is 9.84 Å². The van der Waals surface area contributed by atoms with Gasteiger partial charge in [-0.25, -0.2) is 8.42 Å². The number of hydrogen-bond acceptors (Lipinski definition) is 7. The molecule has 3 rings (SSSR count). The first kappa shape index (κ1) is 21.7. The zero-order chi connectivity index (χ0) is 20.9. The van der Waals surface area contributed by atoms with Crippen LogP contribution in [0.4, 0.5) is 5.69 Å². The van der Waals surface area contributed by atoms with Gasteiger partial charge in [0.1, 0.15) is 0 Å². The summed E-state index contributed by atoms with van der Waals surface area (Å²) < 4.78 is 28.3. The molecule has 0 aliphatic carbocycles. The Labute approximate surface area is 171 Å². The van der Waals surface area contributed by atoms with Gasteiger partial charge in [0.05, 0.1) is 31.2 Å². The van der Waals surface area contributed by atoms with Crippen molar-refractivity contribution in [2.45, 2.75) is 4.90 Å². The molecule has 2 saturated heterocycles. The summed E-state index contributed by atoms with van der Waals surface area (Å²) >= 11 is 0. The second-order valence-electron chi connectivity index (χ2n) is 7.39. The lowest BCUT2D eigenvalue weighted by Gasteiger charge is -2.36. The number of piperazine rings is 1. The second-order valence-corrected chi connectivity index (χ2v) is 9.41. The number of hydrogen-bond donors (Lipinski definition) is 1. The summed E-state index contributed by atoms with van der Waals surface area (Å²) in [6.07, 6.45) is 1.14. The van der Waals surface area contributed by atoms with Gasteiger partial charge in [-0.3, -0.25) is 19.4 Å². The summed E-state index contributed by atoms with van der Waals surface area (Å²) in [5.41, 5.74) is 0.557. The van der Waals surface area contributed by atoms with E-state index in [1.54, 1.807) is 12.1 Å². The van der Waals surface area contributed by atoms with Gasteiger partial charge < -0.3 is 15.0 Å². The molecule has 1 aromatic carbocycles. The van der Waals surface area contributed by atoms with Gasteiger partial charge in [0, 0.05) is 51.2 Å². The molecule has 2 fully saturated rings. The van der Waals surface area contributed by atoms with Crippen molar-refractivity contribution in [3.8, 4) is 0 Å². The van der Waals surface area contributed by atoms with Gasteiger partial charge in [-0.15, -0.1) is 0 Å². The summed E-state index contributed by atoms with van der Waals surface area (Å²) in [4.78, 5) is 30.9. The van der Waals surface area contributed by atoms with E-state index in [0.717, 1.165) is 19.3 Å². The van der Waals surface area contributed by atoms with Crippen LogP contribution < -0.4 is 5.32 Å². The lowest BCUT2D eigenvalue weighted by Crippen LogP contribution is -2.53. The topological polar surface area (TPSA) is 99.3 Å². The van der Waals surface area contributed by atoms with E-state index in [2.05, 4.69) is 10.2 Å². The molecule has 10 heteroatoms. The molecule has 1 aromatic rings. The van der Waals surface area contributed by atoms with Crippen LogP contribution in [0.2, 0.25) is 0 Å². The summed E-state index contributed by atoms with van der Waals surface area (Å²) in [5.74, 6) is -0.0350. The van der Waals surface area contributed by atoms with Crippen molar-refractivity contribution in [1.29, 1.82) is 0 Å². The van der Waals surface area contributed by atoms with Gasteiger partial charge in [-0.05, 0) is 24.3 Å². The number of rotatable bonds is 6. The molecule has 2 heterocycles. The molecule has 29 heavy (non-hydrogen) atoms. The Morgan fingerprint density at radius 2 is 1.52 bits per heavy atom. The van der Waals surface area contributed by atoms with E-state index in [9.17, 15) is 18.0 Å². The Kier molecular flexibility index (Phi) is 7.23. The van der Waals surface area contributed by atoms with E-state index in [0.29, 0.717) is 51.6 Å². The number of carbonyl (C=O) groups is 2. The minimum Gasteiger partial charge on any atom is -0.379 e. The maximum absolute atomic E-state index is 12.4. The minimum absolute atomic E-state index is 0.127. The van der Waals surface area contributed by atoms with Crippen LogP contribution in [0.15, 0.2) is 29.2 Å². The third kappa shape index (κ3) is 6.49. The van der Waals surface area contributed by atoms with Crippen molar-refractivity contribution in [3.63, 3.8) is 0 Å². The van der Waals surface area contributed by atoms with Crippen molar-refractivity contribution < 1.29 is 22.7 Å². The lowest BCUT2D eigenvalue weighted by molar-refractivity contribution is -0.135. The number of benzene rings is 1. The fraction of sp³-hybridized carbons (Fsp3) is 0.579. The molecule has 2 aliphatic heterocycles. The molecule has 2 amide bonds. The molecule has 9 nitrogen and oxygen atoms in total. The van der Waals surface area contributed by atoms with E-state index in [-0.39, 0.29) is 23.3 Å². The smallest absolute Gasteiger partial charge is 0.238 e. The predicted molar refractivity (Wildman–Crippen MR) is 108 cm³/mol. The predicted octanol–water partition coefficient (Wildman–Crippen LogP) is -0.495. The SMILES string of the molecule is CS(=O)(=O)c1ccc(NC(=O)CN2CCN(C(=O)CN3CCOCC3)CC2)cc1. The van der Waals surface area contributed by atoms with E-state index in [1.165, 1.54) is 12.1 Å². The third-order valence-corrected chi connectivity index (χ3v) is 6.25. The zero-order valence-corrected chi connectivity index (χ0v) is 17.5. The molecular weight excluding hydrogens is 396 g/mol. The number of amides is 2. The standard InChI is InChI=1S/C19H28N4O5S/c1-29(26,27)17-4-2-16(3-5-17)20-18(24)14-21-6-8-23(9-7-21)19(25)15-22-10-12-28-13-11-22/h2-5H,6-15H2,1H3,(H,20,24). The van der Waals surface area contributed by atoms with E-state index in [1.807, 2.05) is 9.80 Å². The maximum atomic E-state index is 12.4. The Morgan fingerprint density at radius 3 is 2.10 bits per heavy atom. The van der Waals surface area contributed by atoms with Crippen LogP contribution in [0.5, 0.6) is 0 Å². The number of nitrogens with zero attached hydrogens (tertiary/aromatic N) is 3. The van der Waals surface area contributed by atoms with E-state index in [4.69, 9.17) is 4.74 Å². The Bertz CT molecular complexity index is 814. The second kappa shape index (κ2) is 9.66. The van der Waals surface area contributed by atoms with E-state index >= 15 is 0 Å². The normalized spacial score (nSPS) is 19.1. The van der Waals surface area contributed by atoms with Gasteiger partial charge in [-0.2, -0.15) is 0 Å². The van der Waals surface area contributed by atoms with Crippen molar-refractivity contribution in [2.75, 3.05) is 77.1 Å². The van der Waals surface area contributed by atoms with Crippen molar-refractivity contribution in [2.24, 2.45) is 0 Å². The van der Waals surface area contributed by atoms with Crippen molar-refractivity contribution in [3.05, 3.63) is 24.3 Å². The lowest BCUT2D eigenvalue weighted by atomic mass is 10.2.